The molecule has 0 bridgehead atoms. The molecule has 3 fully saturated rings. The Labute approximate surface area is 191 Å². The van der Waals surface area contributed by atoms with Crippen molar-refractivity contribution in [1.29, 1.82) is 0 Å². The van der Waals surface area contributed by atoms with E-state index in [4.69, 9.17) is 0 Å². The maximum Gasteiger partial charge on any atom is 0.471 e. The number of carboxylic acid groups (broad SMARTS) is 1. The Hall–Kier alpha value is -3.11. The molecular formula is C23H23F4N3O4. The van der Waals surface area contributed by atoms with Gasteiger partial charge in [-0.15, -0.1) is 0 Å². The number of alkyl halides is 3. The molecule has 1 amide bonds. The first-order chi connectivity index (χ1) is 15.9. The number of benzene rings is 1. The number of anilines is 1. The Bertz CT molecular complexity index is 1310. The first-order valence-corrected chi connectivity index (χ1v) is 11.1. The Kier molecular flexibility index (Phi) is 4.80. The zero-order valence-corrected chi connectivity index (χ0v) is 18.6. The standard InChI is InChI=1S/C23H23F4N3O4/c1-10-15-17(30(12-3-4-12)8-13(19(15)31)20(32)33)11(2)18(16(10)24)29-6-5-22(9-29)7-14(22)28-21(34)23(25,26)27/h8,12,14H,3-7,9H2,1-2H3,(H,28,34)(H,32,33)/t14-,22?/m0/s1. The molecule has 2 atom stereocenters. The van der Waals surface area contributed by atoms with Crippen molar-refractivity contribution < 1.29 is 32.3 Å². The van der Waals surface area contributed by atoms with Crippen molar-refractivity contribution in [1.82, 2.24) is 9.88 Å². The number of aryl methyl sites for hydroxylation is 2. The molecule has 2 saturated carbocycles. The lowest BCUT2D eigenvalue weighted by Gasteiger charge is -2.26. The van der Waals surface area contributed by atoms with Crippen LogP contribution in [0.4, 0.5) is 23.2 Å². The van der Waals surface area contributed by atoms with Gasteiger partial charge in [0, 0.05) is 42.3 Å². The van der Waals surface area contributed by atoms with Gasteiger partial charge < -0.3 is 19.9 Å². The fraction of sp³-hybridized carbons (Fsp3) is 0.522. The summed E-state index contributed by atoms with van der Waals surface area (Å²) in [6.45, 7) is 3.79. The number of nitrogens with zero attached hydrogens (tertiary/aromatic N) is 2. The van der Waals surface area contributed by atoms with Gasteiger partial charge in [0.2, 0.25) is 5.43 Å². The Morgan fingerprint density at radius 1 is 1.21 bits per heavy atom. The summed E-state index contributed by atoms with van der Waals surface area (Å²) in [5, 5.41) is 11.6. The number of hydrogen-bond acceptors (Lipinski definition) is 4. The largest absolute Gasteiger partial charge is 0.477 e. The van der Waals surface area contributed by atoms with Crippen molar-refractivity contribution in [3.8, 4) is 0 Å². The monoisotopic (exact) mass is 481 g/mol. The van der Waals surface area contributed by atoms with Crippen molar-refractivity contribution in [2.24, 2.45) is 5.41 Å². The van der Waals surface area contributed by atoms with E-state index in [1.807, 2.05) is 5.32 Å². The number of aromatic nitrogens is 1. The SMILES string of the molecule is Cc1c(F)c(N2CCC3(C[C@@H]3NC(=O)C(F)(F)F)C2)c(C)c2c1c(=O)c(C(=O)O)cn2C1CC1. The summed E-state index contributed by atoms with van der Waals surface area (Å²) in [4.78, 5) is 37.7. The number of pyridine rings is 1. The normalized spacial score (nSPS) is 24.2. The van der Waals surface area contributed by atoms with Gasteiger partial charge in [0.25, 0.3) is 0 Å². The van der Waals surface area contributed by atoms with Gasteiger partial charge in [-0.1, -0.05) is 0 Å². The zero-order chi connectivity index (χ0) is 24.7. The summed E-state index contributed by atoms with van der Waals surface area (Å²) >= 11 is 0. The fourth-order valence-corrected chi connectivity index (χ4v) is 5.43. The van der Waals surface area contributed by atoms with E-state index in [2.05, 4.69) is 0 Å². The molecule has 1 spiro atoms. The molecule has 1 unspecified atom stereocenters. The van der Waals surface area contributed by atoms with Crippen molar-refractivity contribution >= 4 is 28.5 Å². The van der Waals surface area contributed by atoms with Crippen LogP contribution in [-0.2, 0) is 4.79 Å². The van der Waals surface area contributed by atoms with Crippen LogP contribution in [0.3, 0.4) is 0 Å². The maximum absolute atomic E-state index is 15.7. The first kappa shape index (κ1) is 22.7. The van der Waals surface area contributed by atoms with Gasteiger partial charge in [0.15, 0.2) is 5.82 Å². The number of hydrogen-bond donors (Lipinski definition) is 2. The van der Waals surface area contributed by atoms with Crippen molar-refractivity contribution in [2.45, 2.75) is 57.8 Å². The van der Waals surface area contributed by atoms with E-state index in [1.165, 1.54) is 13.1 Å². The van der Waals surface area contributed by atoms with Crippen molar-refractivity contribution in [3.05, 3.63) is 38.9 Å². The van der Waals surface area contributed by atoms with Crippen LogP contribution in [0.1, 0.15) is 53.2 Å². The van der Waals surface area contributed by atoms with Gasteiger partial charge in [-0.2, -0.15) is 13.2 Å². The van der Waals surface area contributed by atoms with Crippen LogP contribution in [-0.4, -0.2) is 46.9 Å². The second-order valence-corrected chi connectivity index (χ2v) is 9.71. The van der Waals surface area contributed by atoms with Crippen LogP contribution in [0.15, 0.2) is 11.0 Å². The zero-order valence-electron chi connectivity index (χ0n) is 18.6. The van der Waals surface area contributed by atoms with Crippen LogP contribution in [0.5, 0.6) is 0 Å². The van der Waals surface area contributed by atoms with Crippen LogP contribution < -0.4 is 15.6 Å². The van der Waals surface area contributed by atoms with Gasteiger partial charge in [0.1, 0.15) is 5.56 Å². The molecule has 5 rings (SSSR count). The predicted molar refractivity (Wildman–Crippen MR) is 115 cm³/mol. The van der Waals surface area contributed by atoms with E-state index in [9.17, 15) is 32.7 Å². The third kappa shape index (κ3) is 3.35. The minimum Gasteiger partial charge on any atom is -0.477 e. The smallest absolute Gasteiger partial charge is 0.471 e. The van der Waals surface area contributed by atoms with Gasteiger partial charge in [-0.05, 0) is 45.1 Å². The molecule has 0 radical (unpaired) electrons. The number of amides is 1. The number of carbonyl (C=O) groups excluding carboxylic acids is 1. The van der Waals surface area contributed by atoms with Gasteiger partial charge >= 0.3 is 18.1 Å². The summed E-state index contributed by atoms with van der Waals surface area (Å²) in [6, 6.07) is -0.604. The highest BCUT2D eigenvalue weighted by atomic mass is 19.4. The third-order valence-electron chi connectivity index (χ3n) is 7.48. The Balaban J connectivity index is 1.55. The summed E-state index contributed by atoms with van der Waals surface area (Å²) in [5.41, 5.74) is -0.386. The van der Waals surface area contributed by atoms with E-state index in [-0.39, 0.29) is 29.2 Å². The molecule has 2 aliphatic carbocycles. The number of nitrogens with one attached hydrogen (secondary N) is 1. The maximum atomic E-state index is 15.7. The van der Waals surface area contributed by atoms with Crippen LogP contribution >= 0.6 is 0 Å². The molecule has 34 heavy (non-hydrogen) atoms. The van der Waals surface area contributed by atoms with E-state index < -0.39 is 46.3 Å². The summed E-state index contributed by atoms with van der Waals surface area (Å²) < 4.78 is 55.3. The van der Waals surface area contributed by atoms with Gasteiger partial charge in [-0.3, -0.25) is 9.59 Å². The van der Waals surface area contributed by atoms with Crippen molar-refractivity contribution in [3.63, 3.8) is 0 Å². The first-order valence-electron chi connectivity index (χ1n) is 11.1. The molecule has 182 valence electrons. The average Bonchev–Trinajstić information content (AvgIpc) is 3.64. The summed E-state index contributed by atoms with van der Waals surface area (Å²) in [6.07, 6.45) is -1.12. The molecule has 3 aliphatic rings. The summed E-state index contributed by atoms with van der Waals surface area (Å²) in [7, 11) is 0. The lowest BCUT2D eigenvalue weighted by atomic mass is 9.99. The highest BCUT2D eigenvalue weighted by molar-refractivity contribution is 5.97. The predicted octanol–water partition coefficient (Wildman–Crippen LogP) is 3.44. The number of halogens is 4. The molecule has 2 N–H and O–H groups in total. The van der Waals surface area contributed by atoms with E-state index in [0.29, 0.717) is 30.5 Å². The lowest BCUT2D eigenvalue weighted by Crippen LogP contribution is -2.40. The number of aromatic carboxylic acids is 1. The van der Waals surface area contributed by atoms with Crippen LogP contribution in [0.2, 0.25) is 0 Å². The second-order valence-electron chi connectivity index (χ2n) is 9.71. The minimum atomic E-state index is -4.96. The van der Waals surface area contributed by atoms with Crippen molar-refractivity contribution in [2.75, 3.05) is 18.0 Å². The third-order valence-corrected chi connectivity index (χ3v) is 7.48. The van der Waals surface area contributed by atoms with E-state index in [0.717, 1.165) is 12.8 Å². The molecule has 1 aliphatic heterocycles. The molecule has 1 saturated heterocycles. The molecular weight excluding hydrogens is 458 g/mol. The number of carbonyl (C=O) groups is 2. The quantitative estimate of drug-likeness (QED) is 0.653. The second kappa shape index (κ2) is 7.19. The molecule has 7 nitrogen and oxygen atoms in total. The van der Waals surface area contributed by atoms with Crippen LogP contribution in [0, 0.1) is 25.1 Å². The molecule has 1 aromatic heterocycles. The van der Waals surface area contributed by atoms with E-state index in [1.54, 1.807) is 16.4 Å². The molecule has 2 aromatic rings. The molecule has 11 heteroatoms. The minimum absolute atomic E-state index is 0.0212. The number of carboxylic acids is 1. The Morgan fingerprint density at radius 3 is 2.47 bits per heavy atom. The summed E-state index contributed by atoms with van der Waals surface area (Å²) in [5.74, 6) is -3.98. The average molecular weight is 481 g/mol. The Morgan fingerprint density at radius 2 is 1.88 bits per heavy atom. The van der Waals surface area contributed by atoms with Gasteiger partial charge in [0.05, 0.1) is 16.6 Å². The van der Waals surface area contributed by atoms with Crippen LogP contribution in [0.25, 0.3) is 10.9 Å². The highest BCUT2D eigenvalue weighted by Crippen LogP contribution is 2.55. The topological polar surface area (TPSA) is 91.6 Å². The number of rotatable bonds is 4. The van der Waals surface area contributed by atoms with E-state index >= 15 is 4.39 Å². The molecule has 2 heterocycles. The lowest BCUT2D eigenvalue weighted by molar-refractivity contribution is -0.173. The molecule has 1 aromatic carbocycles. The fourth-order valence-electron chi connectivity index (χ4n) is 5.43. The highest BCUT2D eigenvalue weighted by Gasteiger charge is 2.60. The van der Waals surface area contributed by atoms with Gasteiger partial charge in [-0.25, -0.2) is 9.18 Å². The number of fused-ring (bicyclic) bond motifs is 1.